The molecule has 0 aromatic carbocycles. The van der Waals surface area contributed by atoms with Gasteiger partial charge < -0.3 is 0 Å². The molecule has 0 amide bonds. The van der Waals surface area contributed by atoms with Crippen LogP contribution in [0, 0.1) is 17.2 Å². The van der Waals surface area contributed by atoms with Crippen LogP contribution in [-0.2, 0) is 0 Å². The van der Waals surface area contributed by atoms with Gasteiger partial charge in [0.05, 0.1) is 6.07 Å². The van der Waals surface area contributed by atoms with Crippen LogP contribution in [0.1, 0.15) is 90.9 Å². The SMILES string of the molecule is CCCCCC/C=C/CCC(C#N)CCCCCC. The topological polar surface area (TPSA) is 23.8 Å². The fourth-order valence-electron chi connectivity index (χ4n) is 2.31. The van der Waals surface area contributed by atoms with Crippen LogP contribution < -0.4 is 0 Å². The highest BCUT2D eigenvalue weighted by Crippen LogP contribution is 2.16. The first kappa shape index (κ1) is 18.2. The van der Waals surface area contributed by atoms with Crippen molar-refractivity contribution in [2.75, 3.05) is 0 Å². The van der Waals surface area contributed by atoms with Crippen molar-refractivity contribution >= 4 is 0 Å². The van der Waals surface area contributed by atoms with Gasteiger partial charge in [0.1, 0.15) is 0 Å². The summed E-state index contributed by atoms with van der Waals surface area (Å²) < 4.78 is 0. The summed E-state index contributed by atoms with van der Waals surface area (Å²) in [5.74, 6) is 0.279. The Morgan fingerprint density at radius 3 is 2.05 bits per heavy atom. The molecule has 0 saturated heterocycles. The predicted molar refractivity (Wildman–Crippen MR) is 85.0 cm³/mol. The van der Waals surface area contributed by atoms with Crippen molar-refractivity contribution in [1.29, 1.82) is 5.26 Å². The minimum atomic E-state index is 0.279. The summed E-state index contributed by atoms with van der Waals surface area (Å²) in [6.45, 7) is 4.48. The smallest absolute Gasteiger partial charge is 0.0655 e. The summed E-state index contributed by atoms with van der Waals surface area (Å²) in [4.78, 5) is 0. The molecule has 1 heteroatoms. The van der Waals surface area contributed by atoms with Crippen LogP contribution in [0.15, 0.2) is 12.2 Å². The van der Waals surface area contributed by atoms with Crippen molar-refractivity contribution in [3.63, 3.8) is 0 Å². The lowest BCUT2D eigenvalue weighted by atomic mass is 9.97. The third kappa shape index (κ3) is 13.5. The molecular weight excluding hydrogens is 230 g/mol. The quantitative estimate of drug-likeness (QED) is 0.278. The summed E-state index contributed by atoms with van der Waals surface area (Å²) in [5.41, 5.74) is 0. The highest BCUT2D eigenvalue weighted by Gasteiger charge is 2.05. The van der Waals surface area contributed by atoms with Gasteiger partial charge in [-0.3, -0.25) is 0 Å². The van der Waals surface area contributed by atoms with Gasteiger partial charge in [-0.2, -0.15) is 5.26 Å². The summed E-state index contributed by atoms with van der Waals surface area (Å²) >= 11 is 0. The molecular formula is C18H33N. The van der Waals surface area contributed by atoms with E-state index in [1.165, 1.54) is 57.8 Å². The van der Waals surface area contributed by atoms with Gasteiger partial charge in [0.15, 0.2) is 0 Å². The maximum absolute atomic E-state index is 9.11. The predicted octanol–water partition coefficient (Wildman–Crippen LogP) is 6.40. The molecule has 0 bridgehead atoms. The first-order chi connectivity index (χ1) is 9.35. The monoisotopic (exact) mass is 263 g/mol. The van der Waals surface area contributed by atoms with E-state index < -0.39 is 0 Å². The Labute approximate surface area is 121 Å². The van der Waals surface area contributed by atoms with Crippen molar-refractivity contribution in [2.24, 2.45) is 5.92 Å². The molecule has 19 heavy (non-hydrogen) atoms. The second-order valence-corrected chi connectivity index (χ2v) is 5.57. The number of hydrogen-bond donors (Lipinski definition) is 0. The number of unbranched alkanes of at least 4 members (excludes halogenated alkanes) is 7. The van der Waals surface area contributed by atoms with Crippen LogP contribution in [0.3, 0.4) is 0 Å². The standard InChI is InChI=1S/C18H33N/c1-3-5-7-9-10-11-12-14-16-18(17-19)15-13-8-6-4-2/h11-12,18H,3-10,13-16H2,1-2H3/b12-11+. The molecule has 0 rings (SSSR count). The Morgan fingerprint density at radius 1 is 0.789 bits per heavy atom. The second-order valence-electron chi connectivity index (χ2n) is 5.57. The van der Waals surface area contributed by atoms with Gasteiger partial charge in [-0.15, -0.1) is 0 Å². The van der Waals surface area contributed by atoms with Crippen LogP contribution in [0.2, 0.25) is 0 Å². The third-order valence-corrected chi connectivity index (χ3v) is 3.66. The van der Waals surface area contributed by atoms with Gasteiger partial charge in [-0.1, -0.05) is 70.9 Å². The van der Waals surface area contributed by atoms with Gasteiger partial charge in [-0.05, 0) is 32.1 Å². The molecule has 0 N–H and O–H groups in total. The van der Waals surface area contributed by atoms with E-state index in [1.807, 2.05) is 0 Å². The number of nitrogens with zero attached hydrogens (tertiary/aromatic N) is 1. The summed E-state index contributed by atoms with van der Waals surface area (Å²) in [7, 11) is 0. The Bertz CT molecular complexity index is 237. The molecule has 0 heterocycles. The Balaban J connectivity index is 3.44. The van der Waals surface area contributed by atoms with E-state index in [0.29, 0.717) is 0 Å². The van der Waals surface area contributed by atoms with Crippen molar-refractivity contribution in [3.8, 4) is 6.07 Å². The average molecular weight is 263 g/mol. The molecule has 0 fully saturated rings. The Hall–Kier alpha value is -0.770. The second kappa shape index (κ2) is 15.3. The molecule has 0 aliphatic rings. The van der Waals surface area contributed by atoms with E-state index in [2.05, 4.69) is 32.1 Å². The van der Waals surface area contributed by atoms with E-state index in [1.54, 1.807) is 0 Å². The van der Waals surface area contributed by atoms with E-state index in [-0.39, 0.29) is 5.92 Å². The molecule has 1 nitrogen and oxygen atoms in total. The van der Waals surface area contributed by atoms with Crippen molar-refractivity contribution in [2.45, 2.75) is 90.9 Å². The molecule has 0 radical (unpaired) electrons. The first-order valence-electron chi connectivity index (χ1n) is 8.39. The number of allylic oxidation sites excluding steroid dienone is 2. The van der Waals surface area contributed by atoms with Gasteiger partial charge in [0.25, 0.3) is 0 Å². The number of nitriles is 1. The van der Waals surface area contributed by atoms with E-state index in [0.717, 1.165) is 19.3 Å². The lowest BCUT2D eigenvalue weighted by Gasteiger charge is -2.06. The first-order valence-corrected chi connectivity index (χ1v) is 8.39. The highest BCUT2D eigenvalue weighted by atomic mass is 14.3. The van der Waals surface area contributed by atoms with E-state index >= 15 is 0 Å². The molecule has 1 atom stereocenters. The average Bonchev–Trinajstić information content (AvgIpc) is 2.44. The lowest BCUT2D eigenvalue weighted by molar-refractivity contribution is 0.513. The summed E-state index contributed by atoms with van der Waals surface area (Å²) in [6.07, 6.45) is 19.5. The summed E-state index contributed by atoms with van der Waals surface area (Å²) in [6, 6.07) is 2.46. The minimum absolute atomic E-state index is 0.279. The molecule has 0 aromatic heterocycles. The van der Waals surface area contributed by atoms with Gasteiger partial charge in [-0.25, -0.2) is 0 Å². The maximum atomic E-state index is 9.11. The molecule has 0 aliphatic heterocycles. The molecule has 1 unspecified atom stereocenters. The zero-order chi connectivity index (χ0) is 14.2. The van der Waals surface area contributed by atoms with Crippen LogP contribution in [0.5, 0.6) is 0 Å². The molecule has 0 aliphatic carbocycles. The van der Waals surface area contributed by atoms with Crippen LogP contribution in [0.4, 0.5) is 0 Å². The largest absolute Gasteiger partial charge is 0.198 e. The van der Waals surface area contributed by atoms with Gasteiger partial charge in [0, 0.05) is 5.92 Å². The van der Waals surface area contributed by atoms with Crippen LogP contribution in [-0.4, -0.2) is 0 Å². The fourth-order valence-corrected chi connectivity index (χ4v) is 2.31. The van der Waals surface area contributed by atoms with Gasteiger partial charge >= 0.3 is 0 Å². The Kier molecular flexibility index (Phi) is 14.7. The molecule has 110 valence electrons. The third-order valence-electron chi connectivity index (χ3n) is 3.66. The molecule has 0 spiro atoms. The van der Waals surface area contributed by atoms with E-state index in [9.17, 15) is 0 Å². The van der Waals surface area contributed by atoms with Gasteiger partial charge in [0.2, 0.25) is 0 Å². The fraction of sp³-hybridized carbons (Fsp3) is 0.833. The van der Waals surface area contributed by atoms with Crippen LogP contribution >= 0.6 is 0 Å². The normalized spacial score (nSPS) is 12.7. The zero-order valence-electron chi connectivity index (χ0n) is 13.2. The van der Waals surface area contributed by atoms with Crippen molar-refractivity contribution in [1.82, 2.24) is 0 Å². The van der Waals surface area contributed by atoms with E-state index in [4.69, 9.17) is 5.26 Å². The minimum Gasteiger partial charge on any atom is -0.198 e. The van der Waals surface area contributed by atoms with Crippen molar-refractivity contribution in [3.05, 3.63) is 12.2 Å². The lowest BCUT2D eigenvalue weighted by Crippen LogP contribution is -1.96. The molecule has 0 aromatic rings. The Morgan fingerprint density at radius 2 is 1.42 bits per heavy atom. The van der Waals surface area contributed by atoms with Crippen molar-refractivity contribution < 1.29 is 0 Å². The number of rotatable bonds is 13. The molecule has 0 saturated carbocycles. The number of hydrogen-bond acceptors (Lipinski definition) is 1. The maximum Gasteiger partial charge on any atom is 0.0655 e. The highest BCUT2D eigenvalue weighted by molar-refractivity contribution is 4.87. The van der Waals surface area contributed by atoms with Crippen LogP contribution in [0.25, 0.3) is 0 Å². The zero-order valence-corrected chi connectivity index (χ0v) is 13.2. The summed E-state index contributed by atoms with van der Waals surface area (Å²) in [5, 5.41) is 9.11.